The summed E-state index contributed by atoms with van der Waals surface area (Å²) in [6, 6.07) is 14.4. The van der Waals surface area contributed by atoms with Crippen LogP contribution in [0.15, 0.2) is 66.5 Å². The van der Waals surface area contributed by atoms with Gasteiger partial charge in [-0.15, -0.1) is 0 Å². The van der Waals surface area contributed by atoms with Crippen molar-refractivity contribution >= 4 is 18.0 Å². The molecular weight excluding hydrogens is 433 g/mol. The Hall–Kier alpha value is -3.35. The van der Waals surface area contributed by atoms with E-state index >= 15 is 0 Å². The Morgan fingerprint density at radius 3 is 1.69 bits per heavy atom. The zero-order valence-electron chi connectivity index (χ0n) is 16.8. The molecule has 0 bridgehead atoms. The minimum Gasteiger partial charge on any atom is -0.209 e. The average molecular weight is 450 g/mol. The SMILES string of the molecule is CC/C(F)=C(\F)c1ccc(-c2ccc(/C=C/c3cc(F)c(C(F)(F)F)c(F)c3)cc2)cc1. The van der Waals surface area contributed by atoms with Crippen LogP contribution in [0.4, 0.5) is 30.7 Å². The molecule has 0 atom stereocenters. The van der Waals surface area contributed by atoms with Gasteiger partial charge >= 0.3 is 6.18 Å². The molecule has 0 fully saturated rings. The topological polar surface area (TPSA) is 0 Å². The molecule has 0 nitrogen and oxygen atoms in total. The van der Waals surface area contributed by atoms with Crippen molar-refractivity contribution in [1.82, 2.24) is 0 Å². The number of alkyl halides is 3. The molecule has 0 unspecified atom stereocenters. The lowest BCUT2D eigenvalue weighted by Crippen LogP contribution is -2.11. The first-order valence-corrected chi connectivity index (χ1v) is 9.59. The molecule has 0 aromatic heterocycles. The van der Waals surface area contributed by atoms with Crippen molar-refractivity contribution in [2.24, 2.45) is 0 Å². The highest BCUT2D eigenvalue weighted by molar-refractivity contribution is 5.73. The smallest absolute Gasteiger partial charge is 0.209 e. The van der Waals surface area contributed by atoms with E-state index in [9.17, 15) is 30.7 Å². The molecule has 0 radical (unpaired) electrons. The van der Waals surface area contributed by atoms with Gasteiger partial charge in [0.05, 0.1) is 0 Å². The van der Waals surface area contributed by atoms with Crippen LogP contribution in [0.3, 0.4) is 0 Å². The third-order valence-electron chi connectivity index (χ3n) is 4.75. The highest BCUT2D eigenvalue weighted by Crippen LogP contribution is 2.34. The van der Waals surface area contributed by atoms with Crippen LogP contribution in [-0.2, 0) is 6.18 Å². The lowest BCUT2D eigenvalue weighted by molar-refractivity contribution is -0.142. The van der Waals surface area contributed by atoms with Gasteiger partial charge < -0.3 is 0 Å². The maximum absolute atomic E-state index is 13.9. The standard InChI is InChI=1S/C25H17F7/c1-2-20(26)24(29)19-11-9-18(10-12-19)17-7-5-15(6-8-17)3-4-16-13-21(27)23(22(28)14-16)25(30,31)32/h3-14H,2H2,1H3/b4-3+,24-20+. The third-order valence-corrected chi connectivity index (χ3v) is 4.75. The van der Waals surface area contributed by atoms with E-state index in [0.717, 1.165) is 11.1 Å². The van der Waals surface area contributed by atoms with E-state index in [-0.39, 0.29) is 17.5 Å². The summed E-state index contributed by atoms with van der Waals surface area (Å²) < 4.78 is 92.6. The molecule has 0 aliphatic carbocycles. The molecule has 7 heteroatoms. The number of hydrogen-bond donors (Lipinski definition) is 0. The van der Waals surface area contributed by atoms with Crippen LogP contribution in [0.1, 0.15) is 35.6 Å². The zero-order valence-corrected chi connectivity index (χ0v) is 16.8. The molecule has 3 aromatic rings. The Morgan fingerprint density at radius 2 is 1.22 bits per heavy atom. The third kappa shape index (κ3) is 5.28. The minimum absolute atomic E-state index is 0.0334. The van der Waals surface area contributed by atoms with Gasteiger partial charge in [-0.25, -0.2) is 17.6 Å². The van der Waals surface area contributed by atoms with Gasteiger partial charge in [-0.3, -0.25) is 0 Å². The first-order valence-electron chi connectivity index (χ1n) is 9.59. The van der Waals surface area contributed by atoms with Gasteiger partial charge in [0, 0.05) is 5.56 Å². The number of benzene rings is 3. The van der Waals surface area contributed by atoms with Gasteiger partial charge in [0.2, 0.25) is 0 Å². The summed E-state index contributed by atoms with van der Waals surface area (Å²) in [5.74, 6) is -5.07. The molecule has 3 aromatic carbocycles. The van der Waals surface area contributed by atoms with Gasteiger partial charge in [0.1, 0.15) is 23.0 Å². The zero-order chi connectivity index (χ0) is 23.5. The van der Waals surface area contributed by atoms with Gasteiger partial charge in [0.15, 0.2) is 5.83 Å². The van der Waals surface area contributed by atoms with Gasteiger partial charge in [-0.1, -0.05) is 67.6 Å². The maximum atomic E-state index is 13.9. The summed E-state index contributed by atoms with van der Waals surface area (Å²) in [5.41, 5.74) is 0.371. The average Bonchev–Trinajstić information content (AvgIpc) is 2.75. The summed E-state index contributed by atoms with van der Waals surface area (Å²) in [7, 11) is 0. The summed E-state index contributed by atoms with van der Waals surface area (Å²) in [6.07, 6.45) is -2.35. The summed E-state index contributed by atoms with van der Waals surface area (Å²) >= 11 is 0. The summed E-state index contributed by atoms with van der Waals surface area (Å²) in [6.45, 7) is 1.52. The quantitative estimate of drug-likeness (QED) is 0.269. The van der Waals surface area contributed by atoms with Crippen molar-refractivity contribution in [2.45, 2.75) is 19.5 Å². The Bertz CT molecular complexity index is 1130. The maximum Gasteiger partial charge on any atom is 0.422 e. The molecule has 0 aliphatic rings. The van der Waals surface area contributed by atoms with Crippen molar-refractivity contribution < 1.29 is 30.7 Å². The number of rotatable bonds is 5. The highest BCUT2D eigenvalue weighted by Gasteiger charge is 2.37. The van der Waals surface area contributed by atoms with Gasteiger partial charge in [0.25, 0.3) is 0 Å². The molecule has 0 heterocycles. The second-order valence-electron chi connectivity index (χ2n) is 6.96. The Balaban J connectivity index is 1.77. The van der Waals surface area contributed by atoms with E-state index in [2.05, 4.69) is 0 Å². The highest BCUT2D eigenvalue weighted by atomic mass is 19.4. The Labute approximate surface area is 180 Å². The van der Waals surface area contributed by atoms with E-state index in [1.165, 1.54) is 31.2 Å². The predicted molar refractivity (Wildman–Crippen MR) is 112 cm³/mol. The van der Waals surface area contributed by atoms with Crippen molar-refractivity contribution in [3.8, 4) is 11.1 Å². The van der Waals surface area contributed by atoms with Crippen LogP contribution in [0.25, 0.3) is 29.1 Å². The molecular formula is C25H17F7. The van der Waals surface area contributed by atoms with Crippen LogP contribution in [0, 0.1) is 11.6 Å². The number of hydrogen-bond acceptors (Lipinski definition) is 0. The molecule has 32 heavy (non-hydrogen) atoms. The van der Waals surface area contributed by atoms with E-state index < -0.39 is 35.0 Å². The fraction of sp³-hybridized carbons (Fsp3) is 0.120. The van der Waals surface area contributed by atoms with Crippen molar-refractivity contribution in [1.29, 1.82) is 0 Å². The van der Waals surface area contributed by atoms with Crippen LogP contribution < -0.4 is 0 Å². The fourth-order valence-corrected chi connectivity index (χ4v) is 3.06. The van der Waals surface area contributed by atoms with Gasteiger partial charge in [-0.2, -0.15) is 13.2 Å². The molecule has 0 saturated heterocycles. The Morgan fingerprint density at radius 1 is 0.750 bits per heavy atom. The lowest BCUT2D eigenvalue weighted by Gasteiger charge is -2.09. The van der Waals surface area contributed by atoms with Crippen molar-refractivity contribution in [2.75, 3.05) is 0 Å². The monoisotopic (exact) mass is 450 g/mol. The van der Waals surface area contributed by atoms with E-state index in [4.69, 9.17) is 0 Å². The molecule has 0 amide bonds. The lowest BCUT2D eigenvalue weighted by atomic mass is 10.0. The van der Waals surface area contributed by atoms with Gasteiger partial charge in [-0.05, 0) is 40.8 Å². The van der Waals surface area contributed by atoms with Crippen LogP contribution in [-0.4, -0.2) is 0 Å². The predicted octanol–water partition coefficient (Wildman–Crippen LogP) is 8.84. The molecule has 0 aliphatic heterocycles. The molecule has 0 spiro atoms. The molecule has 3 rings (SSSR count). The summed E-state index contributed by atoms with van der Waals surface area (Å²) in [4.78, 5) is 0. The van der Waals surface area contributed by atoms with Crippen molar-refractivity contribution in [3.05, 3.63) is 100 Å². The van der Waals surface area contributed by atoms with E-state index in [1.807, 2.05) is 0 Å². The molecule has 0 N–H and O–H groups in total. The largest absolute Gasteiger partial charge is 0.422 e. The second kappa shape index (κ2) is 9.42. The normalized spacial score (nSPS) is 12.9. The van der Waals surface area contributed by atoms with Crippen LogP contribution in [0.5, 0.6) is 0 Å². The first kappa shape index (κ1) is 23.3. The first-order chi connectivity index (χ1) is 15.1. The fourth-order valence-electron chi connectivity index (χ4n) is 3.06. The van der Waals surface area contributed by atoms with E-state index in [0.29, 0.717) is 17.7 Å². The molecule has 166 valence electrons. The number of allylic oxidation sites excluding steroid dienone is 1. The number of halogens is 7. The minimum atomic E-state index is -5.11. The van der Waals surface area contributed by atoms with Crippen LogP contribution >= 0.6 is 0 Å². The summed E-state index contributed by atoms with van der Waals surface area (Å²) in [5, 5.41) is 0. The molecule has 0 saturated carbocycles. The van der Waals surface area contributed by atoms with E-state index in [1.54, 1.807) is 36.4 Å². The second-order valence-corrected chi connectivity index (χ2v) is 6.96. The van der Waals surface area contributed by atoms with Crippen molar-refractivity contribution in [3.63, 3.8) is 0 Å². The Kier molecular flexibility index (Phi) is 6.87. The van der Waals surface area contributed by atoms with Crippen LogP contribution in [0.2, 0.25) is 0 Å².